The molecule has 2 heterocycles. The maximum absolute atomic E-state index is 12.0. The van der Waals surface area contributed by atoms with Crippen LogP contribution in [0.5, 0.6) is 0 Å². The average molecular weight is 299 g/mol. The molecule has 1 N–H and O–H groups in total. The third kappa shape index (κ3) is 2.36. The molecule has 0 saturated carbocycles. The summed E-state index contributed by atoms with van der Waals surface area (Å²) in [4.78, 5) is 13.2. The highest BCUT2D eigenvalue weighted by Crippen LogP contribution is 2.35. The van der Waals surface area contributed by atoms with Gasteiger partial charge in [-0.05, 0) is 13.3 Å². The quantitative estimate of drug-likeness (QED) is 0.928. The molecule has 0 fully saturated rings. The first-order chi connectivity index (χ1) is 9.29. The molecule has 1 aromatic rings. The molecule has 1 aromatic heterocycles. The highest BCUT2D eigenvalue weighted by Gasteiger charge is 2.38. The fraction of sp³-hybridized carbons (Fsp3) is 0.571. The van der Waals surface area contributed by atoms with E-state index in [1.54, 1.807) is 13.0 Å². The normalized spacial score (nSPS) is 20.2. The monoisotopic (exact) mass is 298 g/mol. The van der Waals surface area contributed by atoms with Crippen LogP contribution in [0, 0.1) is 0 Å². The fourth-order valence-corrected chi connectivity index (χ4v) is 2.56. The summed E-state index contributed by atoms with van der Waals surface area (Å²) < 4.78 is 5.34. The Hall–Kier alpha value is -1.33. The minimum absolute atomic E-state index is 0.0369. The third-order valence-corrected chi connectivity index (χ3v) is 4.13. The Morgan fingerprint density at radius 3 is 2.70 bits per heavy atom. The van der Waals surface area contributed by atoms with E-state index in [1.807, 2.05) is 0 Å². The number of aromatic nitrogens is 1. The topological polar surface area (TPSA) is 66.6 Å². The van der Waals surface area contributed by atoms with Gasteiger partial charge in [0, 0.05) is 17.1 Å². The van der Waals surface area contributed by atoms with E-state index in [-0.39, 0.29) is 16.3 Å². The number of rotatable bonds is 4. The maximum Gasteiger partial charge on any atom is 0.273 e. The number of carbonyl (C=O) groups excluding carboxylic acids is 1. The van der Waals surface area contributed by atoms with Crippen molar-refractivity contribution in [3.8, 4) is 0 Å². The number of carbonyl (C=O) groups is 1. The van der Waals surface area contributed by atoms with E-state index in [9.17, 15) is 9.90 Å². The fourth-order valence-electron chi connectivity index (χ4n) is 2.37. The van der Waals surface area contributed by atoms with Crippen LogP contribution >= 0.6 is 11.6 Å². The molecule has 0 spiro atoms. The molecule has 0 saturated heterocycles. The summed E-state index contributed by atoms with van der Waals surface area (Å²) in [5, 5.41) is 14.0. The van der Waals surface area contributed by atoms with Crippen molar-refractivity contribution in [3.63, 3.8) is 0 Å². The van der Waals surface area contributed by atoms with Gasteiger partial charge in [0.05, 0.1) is 0 Å². The minimum Gasteiger partial charge on any atom is -0.369 e. The van der Waals surface area contributed by atoms with E-state index in [4.69, 9.17) is 16.1 Å². The first-order valence-corrected chi connectivity index (χ1v) is 7.02. The van der Waals surface area contributed by atoms with E-state index in [2.05, 4.69) is 25.9 Å². The molecule has 0 bridgehead atoms. The Morgan fingerprint density at radius 2 is 2.20 bits per heavy atom. The highest BCUT2D eigenvalue weighted by atomic mass is 35.5. The summed E-state index contributed by atoms with van der Waals surface area (Å²) in [6.45, 7) is 7.83. The number of halogens is 1. The van der Waals surface area contributed by atoms with Gasteiger partial charge in [-0.25, -0.2) is 0 Å². The van der Waals surface area contributed by atoms with Gasteiger partial charge in [-0.3, -0.25) is 9.69 Å². The van der Waals surface area contributed by atoms with Crippen LogP contribution in [0.2, 0.25) is 0 Å². The molecule has 2 rings (SSSR count). The zero-order valence-electron chi connectivity index (χ0n) is 12.1. The lowest BCUT2D eigenvalue weighted by Crippen LogP contribution is -2.35. The number of aliphatic hydroxyl groups excluding tert-OH is 1. The van der Waals surface area contributed by atoms with Crippen LogP contribution in [0.25, 0.3) is 0 Å². The first-order valence-electron chi connectivity index (χ1n) is 6.64. The molecule has 1 aliphatic heterocycles. The Kier molecular flexibility index (Phi) is 3.93. The molecule has 0 radical (unpaired) electrons. The van der Waals surface area contributed by atoms with Gasteiger partial charge in [0.15, 0.2) is 12.0 Å². The van der Waals surface area contributed by atoms with Crippen molar-refractivity contribution in [2.75, 3.05) is 4.90 Å². The Bertz CT molecular complexity index is 563. The lowest BCUT2D eigenvalue weighted by molar-refractivity contribution is -0.115. The van der Waals surface area contributed by atoms with Gasteiger partial charge in [-0.15, -0.1) is 0 Å². The summed E-state index contributed by atoms with van der Waals surface area (Å²) in [6, 6.07) is 1.69. The van der Waals surface area contributed by atoms with Gasteiger partial charge < -0.3 is 9.63 Å². The zero-order chi connectivity index (χ0) is 15.1. The minimum atomic E-state index is -1.08. The molecule has 1 aliphatic rings. The average Bonchev–Trinajstić information content (AvgIpc) is 2.92. The van der Waals surface area contributed by atoms with Crippen molar-refractivity contribution in [1.29, 1.82) is 0 Å². The van der Waals surface area contributed by atoms with Crippen molar-refractivity contribution in [2.45, 2.75) is 52.2 Å². The van der Waals surface area contributed by atoms with Crippen molar-refractivity contribution in [1.82, 2.24) is 5.16 Å². The smallest absolute Gasteiger partial charge is 0.273 e. The number of amides is 1. The molecule has 6 heteroatoms. The third-order valence-electron chi connectivity index (χ3n) is 3.67. The molecule has 110 valence electrons. The SMILES string of the molecule is CCCC(C)(C)c1cc(N2C(=O)C(Cl)=C(C)C2O)no1. The van der Waals surface area contributed by atoms with Gasteiger partial charge in [-0.1, -0.05) is 43.9 Å². The standard InChI is InChI=1S/C14H19ClN2O3/c1-5-6-14(3,4)9-7-10(16-20-9)17-12(18)8(2)11(15)13(17)19/h7,12,18H,5-6H2,1-4H3. The molecule has 0 aliphatic carbocycles. The van der Waals surface area contributed by atoms with E-state index in [0.29, 0.717) is 11.3 Å². The number of hydrogen-bond donors (Lipinski definition) is 1. The van der Waals surface area contributed by atoms with Crippen LogP contribution in [-0.2, 0) is 10.2 Å². The molecule has 20 heavy (non-hydrogen) atoms. The molecule has 1 unspecified atom stereocenters. The summed E-state index contributed by atoms with van der Waals surface area (Å²) in [5.74, 6) is 0.525. The second-order valence-electron chi connectivity index (χ2n) is 5.73. The van der Waals surface area contributed by atoms with E-state index in [1.165, 1.54) is 0 Å². The maximum atomic E-state index is 12.0. The second-order valence-corrected chi connectivity index (χ2v) is 6.11. The van der Waals surface area contributed by atoms with Crippen LogP contribution in [0.4, 0.5) is 5.82 Å². The second kappa shape index (κ2) is 5.22. The summed E-state index contributed by atoms with van der Waals surface area (Å²) in [6.07, 6.45) is 0.874. The van der Waals surface area contributed by atoms with Gasteiger partial charge in [0.25, 0.3) is 5.91 Å². The molecular formula is C14H19ClN2O3. The number of hydrogen-bond acceptors (Lipinski definition) is 4. The zero-order valence-corrected chi connectivity index (χ0v) is 12.9. The Labute approximate surface area is 123 Å². The van der Waals surface area contributed by atoms with Crippen molar-refractivity contribution in [3.05, 3.63) is 22.4 Å². The summed E-state index contributed by atoms with van der Waals surface area (Å²) in [5.41, 5.74) is 0.258. The highest BCUT2D eigenvalue weighted by molar-refractivity contribution is 6.45. The summed E-state index contributed by atoms with van der Waals surface area (Å²) in [7, 11) is 0. The largest absolute Gasteiger partial charge is 0.369 e. The molecule has 5 nitrogen and oxygen atoms in total. The summed E-state index contributed by atoms with van der Waals surface area (Å²) >= 11 is 5.87. The van der Waals surface area contributed by atoms with Crippen molar-refractivity contribution < 1.29 is 14.4 Å². The van der Waals surface area contributed by atoms with E-state index in [0.717, 1.165) is 17.7 Å². The predicted octanol–water partition coefficient (Wildman–Crippen LogP) is 2.93. The molecular weight excluding hydrogens is 280 g/mol. The first kappa shape index (κ1) is 15.1. The van der Waals surface area contributed by atoms with Gasteiger partial charge >= 0.3 is 0 Å². The van der Waals surface area contributed by atoms with Gasteiger partial charge in [0.1, 0.15) is 10.8 Å². The van der Waals surface area contributed by atoms with Crippen LogP contribution in [0.15, 0.2) is 21.2 Å². The lowest BCUT2D eigenvalue weighted by atomic mass is 9.85. The van der Waals surface area contributed by atoms with E-state index >= 15 is 0 Å². The van der Waals surface area contributed by atoms with Crippen molar-refractivity contribution in [2.24, 2.45) is 0 Å². The Morgan fingerprint density at radius 1 is 1.55 bits per heavy atom. The van der Waals surface area contributed by atoms with Gasteiger partial charge in [0.2, 0.25) is 0 Å². The van der Waals surface area contributed by atoms with Crippen LogP contribution in [-0.4, -0.2) is 22.4 Å². The van der Waals surface area contributed by atoms with E-state index < -0.39 is 12.1 Å². The van der Waals surface area contributed by atoms with Crippen LogP contribution in [0.3, 0.4) is 0 Å². The number of aliphatic hydroxyl groups is 1. The van der Waals surface area contributed by atoms with Crippen LogP contribution < -0.4 is 4.90 Å². The van der Waals surface area contributed by atoms with Crippen molar-refractivity contribution >= 4 is 23.3 Å². The molecule has 0 aromatic carbocycles. The predicted molar refractivity (Wildman–Crippen MR) is 76.5 cm³/mol. The molecule has 1 amide bonds. The van der Waals surface area contributed by atoms with Crippen LogP contribution in [0.1, 0.15) is 46.3 Å². The molecule has 1 atom stereocenters. The number of nitrogens with zero attached hydrogens (tertiary/aromatic N) is 2. The Balaban J connectivity index is 2.29. The number of anilines is 1. The van der Waals surface area contributed by atoms with Gasteiger partial charge in [-0.2, -0.15) is 0 Å². The lowest BCUT2D eigenvalue weighted by Gasteiger charge is -2.20.